The molecule has 10 nitrogen and oxygen atoms in total. The molecule has 2 aromatic heterocycles. The molecule has 2 N–H and O–H groups in total. The Hall–Kier alpha value is -4.08. The molecule has 0 radical (unpaired) electrons. The van der Waals surface area contributed by atoms with Gasteiger partial charge in [0.1, 0.15) is 6.54 Å². The van der Waals surface area contributed by atoms with E-state index in [-0.39, 0.29) is 18.1 Å². The van der Waals surface area contributed by atoms with Gasteiger partial charge in [0.2, 0.25) is 11.8 Å². The fourth-order valence-corrected chi connectivity index (χ4v) is 2.86. The largest absolute Gasteiger partial charge is 0.277 e. The SMILES string of the molecule is CCn1c(NNC(=O)Cn2nnc(-c3ccccc3)n2)nc2ccccc2c1=O. The van der Waals surface area contributed by atoms with Gasteiger partial charge in [0.25, 0.3) is 11.5 Å². The third kappa shape index (κ3) is 3.81. The van der Waals surface area contributed by atoms with Gasteiger partial charge in [0.15, 0.2) is 0 Å². The number of nitrogens with one attached hydrogen (secondary N) is 2. The molecule has 10 heteroatoms. The first-order valence-electron chi connectivity index (χ1n) is 9.03. The minimum atomic E-state index is -0.410. The Morgan fingerprint density at radius 1 is 1.07 bits per heavy atom. The lowest BCUT2D eigenvalue weighted by Crippen LogP contribution is -2.36. The molecule has 0 aliphatic carbocycles. The van der Waals surface area contributed by atoms with Crippen molar-refractivity contribution >= 4 is 22.8 Å². The topological polar surface area (TPSA) is 120 Å². The summed E-state index contributed by atoms with van der Waals surface area (Å²) < 4.78 is 1.45. The molecule has 2 aromatic carbocycles. The van der Waals surface area contributed by atoms with Crippen LogP contribution in [0.1, 0.15) is 6.92 Å². The summed E-state index contributed by atoms with van der Waals surface area (Å²) in [6.07, 6.45) is 0. The number of carbonyl (C=O) groups is 1. The summed E-state index contributed by atoms with van der Waals surface area (Å²) in [6.45, 7) is 2.09. The predicted octanol–water partition coefficient (Wildman–Crippen LogP) is 1.21. The molecule has 0 saturated heterocycles. The van der Waals surface area contributed by atoms with E-state index in [0.29, 0.717) is 23.3 Å². The molecule has 0 aliphatic rings. The van der Waals surface area contributed by atoms with E-state index in [1.54, 1.807) is 24.3 Å². The summed E-state index contributed by atoms with van der Waals surface area (Å²) in [7, 11) is 0. The normalized spacial score (nSPS) is 10.8. The number of nitrogens with zero attached hydrogens (tertiary/aromatic N) is 6. The maximum absolute atomic E-state index is 12.6. The molecule has 0 unspecified atom stereocenters. The average molecular weight is 390 g/mol. The lowest BCUT2D eigenvalue weighted by Gasteiger charge is -2.13. The Balaban J connectivity index is 1.46. The molecule has 29 heavy (non-hydrogen) atoms. The van der Waals surface area contributed by atoms with Gasteiger partial charge in [-0.2, -0.15) is 4.80 Å². The number of amides is 1. The molecule has 2 heterocycles. The number of hydrogen-bond acceptors (Lipinski definition) is 7. The van der Waals surface area contributed by atoms with Gasteiger partial charge in [0, 0.05) is 12.1 Å². The molecule has 0 bridgehead atoms. The van der Waals surface area contributed by atoms with E-state index < -0.39 is 5.91 Å². The Labute approximate surface area is 165 Å². The molecule has 4 aromatic rings. The number of hydrazine groups is 1. The quantitative estimate of drug-likeness (QED) is 0.475. The molecule has 0 saturated carbocycles. The van der Waals surface area contributed by atoms with Crippen LogP contribution in [-0.4, -0.2) is 35.7 Å². The fraction of sp³-hybridized carbons (Fsp3) is 0.158. The van der Waals surface area contributed by atoms with Crippen molar-refractivity contribution in [1.82, 2.24) is 35.2 Å². The lowest BCUT2D eigenvalue weighted by molar-refractivity contribution is -0.121. The van der Waals surface area contributed by atoms with Gasteiger partial charge in [-0.25, -0.2) is 4.98 Å². The van der Waals surface area contributed by atoms with Crippen LogP contribution in [0, 0.1) is 0 Å². The van der Waals surface area contributed by atoms with Crippen LogP contribution in [0.25, 0.3) is 22.3 Å². The first-order valence-corrected chi connectivity index (χ1v) is 9.03. The summed E-state index contributed by atoms with van der Waals surface area (Å²) in [4.78, 5) is 30.5. The fourth-order valence-electron chi connectivity index (χ4n) is 2.86. The van der Waals surface area contributed by atoms with E-state index in [1.165, 1.54) is 9.36 Å². The van der Waals surface area contributed by atoms with Crippen LogP contribution in [0.2, 0.25) is 0 Å². The number of tetrazole rings is 1. The number of anilines is 1. The Kier molecular flexibility index (Phi) is 4.97. The highest BCUT2D eigenvalue weighted by Gasteiger charge is 2.12. The highest BCUT2D eigenvalue weighted by atomic mass is 16.2. The molecular formula is C19H18N8O2. The number of rotatable bonds is 6. The minimum Gasteiger partial charge on any atom is -0.277 e. The Morgan fingerprint density at radius 2 is 1.83 bits per heavy atom. The summed E-state index contributed by atoms with van der Waals surface area (Å²) in [5, 5.41) is 12.6. The predicted molar refractivity (Wildman–Crippen MR) is 107 cm³/mol. The first kappa shape index (κ1) is 18.3. The number of benzene rings is 2. The number of carbonyl (C=O) groups excluding carboxylic acids is 1. The van der Waals surface area contributed by atoms with Crippen LogP contribution >= 0.6 is 0 Å². The second-order valence-corrected chi connectivity index (χ2v) is 6.18. The van der Waals surface area contributed by atoms with Crippen molar-refractivity contribution in [3.05, 3.63) is 65.0 Å². The van der Waals surface area contributed by atoms with E-state index in [9.17, 15) is 9.59 Å². The van der Waals surface area contributed by atoms with Crippen LogP contribution < -0.4 is 16.4 Å². The number of para-hydroxylation sites is 1. The van der Waals surface area contributed by atoms with Crippen LogP contribution in [0.4, 0.5) is 5.95 Å². The second-order valence-electron chi connectivity index (χ2n) is 6.18. The number of hydrogen-bond donors (Lipinski definition) is 2. The third-order valence-corrected chi connectivity index (χ3v) is 4.26. The van der Waals surface area contributed by atoms with Crippen molar-refractivity contribution in [3.8, 4) is 11.4 Å². The molecule has 0 spiro atoms. The Bertz CT molecular complexity index is 1220. The molecular weight excluding hydrogens is 372 g/mol. The smallest absolute Gasteiger partial charge is 0.262 e. The maximum Gasteiger partial charge on any atom is 0.262 e. The Morgan fingerprint density at radius 3 is 2.62 bits per heavy atom. The van der Waals surface area contributed by atoms with E-state index in [2.05, 4.69) is 31.2 Å². The summed E-state index contributed by atoms with van der Waals surface area (Å²) in [5.74, 6) is 0.274. The van der Waals surface area contributed by atoms with Gasteiger partial charge >= 0.3 is 0 Å². The van der Waals surface area contributed by atoms with Gasteiger partial charge in [-0.1, -0.05) is 42.5 Å². The second kappa shape index (κ2) is 7.89. The molecule has 0 aliphatic heterocycles. The lowest BCUT2D eigenvalue weighted by atomic mass is 10.2. The van der Waals surface area contributed by atoms with Crippen molar-refractivity contribution in [2.75, 3.05) is 5.43 Å². The molecule has 0 fully saturated rings. The van der Waals surface area contributed by atoms with Crippen molar-refractivity contribution < 1.29 is 4.79 Å². The van der Waals surface area contributed by atoms with E-state index in [0.717, 1.165) is 5.56 Å². The van der Waals surface area contributed by atoms with Crippen molar-refractivity contribution in [3.63, 3.8) is 0 Å². The molecule has 146 valence electrons. The monoisotopic (exact) mass is 390 g/mol. The van der Waals surface area contributed by atoms with Gasteiger partial charge in [-0.05, 0) is 24.3 Å². The van der Waals surface area contributed by atoms with Gasteiger partial charge < -0.3 is 0 Å². The summed E-state index contributed by atoms with van der Waals surface area (Å²) in [5.41, 5.74) is 6.42. The molecule has 0 atom stereocenters. The van der Waals surface area contributed by atoms with Crippen molar-refractivity contribution in [1.29, 1.82) is 0 Å². The van der Waals surface area contributed by atoms with Gasteiger partial charge in [-0.15, -0.1) is 10.2 Å². The summed E-state index contributed by atoms with van der Waals surface area (Å²) >= 11 is 0. The van der Waals surface area contributed by atoms with E-state index >= 15 is 0 Å². The van der Waals surface area contributed by atoms with Crippen LogP contribution in [0.15, 0.2) is 59.4 Å². The van der Waals surface area contributed by atoms with Crippen LogP contribution in [0.5, 0.6) is 0 Å². The third-order valence-electron chi connectivity index (χ3n) is 4.26. The van der Waals surface area contributed by atoms with Crippen LogP contribution in [0.3, 0.4) is 0 Å². The van der Waals surface area contributed by atoms with E-state index in [4.69, 9.17) is 0 Å². The first-order chi connectivity index (χ1) is 14.2. The maximum atomic E-state index is 12.6. The zero-order valence-corrected chi connectivity index (χ0v) is 15.6. The minimum absolute atomic E-state index is 0.142. The highest BCUT2D eigenvalue weighted by molar-refractivity contribution is 5.79. The van der Waals surface area contributed by atoms with Crippen molar-refractivity contribution in [2.24, 2.45) is 0 Å². The standard InChI is InChI=1S/C19H18N8O2/c1-2-26-18(29)14-10-6-7-11-15(14)20-19(26)23-21-16(28)12-27-24-17(22-25-27)13-8-4-3-5-9-13/h3-11H,2,12H2,1H3,(H,20,23)(H,21,28). The summed E-state index contributed by atoms with van der Waals surface area (Å²) in [6, 6.07) is 16.4. The molecule has 1 amide bonds. The number of aromatic nitrogens is 6. The van der Waals surface area contributed by atoms with Crippen LogP contribution in [-0.2, 0) is 17.9 Å². The van der Waals surface area contributed by atoms with Crippen molar-refractivity contribution in [2.45, 2.75) is 20.0 Å². The van der Waals surface area contributed by atoms with Gasteiger partial charge in [0.05, 0.1) is 10.9 Å². The zero-order chi connectivity index (χ0) is 20.2. The van der Waals surface area contributed by atoms with Gasteiger partial charge in [-0.3, -0.25) is 25.0 Å². The molecule has 4 rings (SSSR count). The number of fused-ring (bicyclic) bond motifs is 1. The zero-order valence-electron chi connectivity index (χ0n) is 15.6. The highest BCUT2D eigenvalue weighted by Crippen LogP contribution is 2.12. The van der Waals surface area contributed by atoms with E-state index in [1.807, 2.05) is 37.3 Å². The average Bonchev–Trinajstić information content (AvgIpc) is 3.21.